The second kappa shape index (κ2) is 7.48. The lowest BCUT2D eigenvalue weighted by Crippen LogP contribution is -2.47. The van der Waals surface area contributed by atoms with Gasteiger partial charge < -0.3 is 4.90 Å². The zero-order chi connectivity index (χ0) is 18.8. The Bertz CT molecular complexity index is 897. The van der Waals surface area contributed by atoms with Gasteiger partial charge in [-0.15, -0.1) is 0 Å². The van der Waals surface area contributed by atoms with Crippen molar-refractivity contribution in [2.24, 2.45) is 0 Å². The lowest BCUT2D eigenvalue weighted by atomic mass is 10.1. The molecule has 1 N–H and O–H groups in total. The monoisotopic (exact) mass is 365 g/mol. The summed E-state index contributed by atoms with van der Waals surface area (Å²) in [6, 6.07) is 11.0. The summed E-state index contributed by atoms with van der Waals surface area (Å²) in [5, 5.41) is 7.19. The number of aromatic amines is 1. The number of rotatable bonds is 4. The minimum absolute atomic E-state index is 0.228. The number of nitrogens with one attached hydrogen (secondary N) is 1. The Labute approximate surface area is 158 Å². The Morgan fingerprint density at radius 1 is 1.07 bits per heavy atom. The molecule has 2 aromatic heterocycles. The zero-order valence-electron chi connectivity index (χ0n) is 15.7. The van der Waals surface area contributed by atoms with Gasteiger partial charge in [0, 0.05) is 55.2 Å². The SMILES string of the molecule is Cc1[nH]ncc1C(C)N1CCN(c2cccnc2-c2ccc(F)cc2)CC1. The fraction of sp³-hybridized carbons (Fsp3) is 0.333. The number of H-pyrrole nitrogens is 1. The lowest BCUT2D eigenvalue weighted by molar-refractivity contribution is 0.198. The Morgan fingerprint density at radius 3 is 2.48 bits per heavy atom. The van der Waals surface area contributed by atoms with Crippen molar-refractivity contribution < 1.29 is 4.39 Å². The number of aryl methyl sites for hydroxylation is 1. The van der Waals surface area contributed by atoms with E-state index >= 15 is 0 Å². The van der Waals surface area contributed by atoms with Crippen LogP contribution in [0.5, 0.6) is 0 Å². The van der Waals surface area contributed by atoms with Crippen LogP contribution in [-0.2, 0) is 0 Å². The van der Waals surface area contributed by atoms with Gasteiger partial charge in [-0.25, -0.2) is 4.39 Å². The van der Waals surface area contributed by atoms with Crippen LogP contribution in [0.2, 0.25) is 0 Å². The quantitative estimate of drug-likeness (QED) is 0.764. The molecule has 0 bridgehead atoms. The van der Waals surface area contributed by atoms with Crippen LogP contribution >= 0.6 is 0 Å². The summed E-state index contributed by atoms with van der Waals surface area (Å²) in [5.74, 6) is -0.228. The van der Waals surface area contributed by atoms with Gasteiger partial charge in [-0.1, -0.05) is 0 Å². The number of nitrogens with zero attached hydrogens (tertiary/aromatic N) is 4. The van der Waals surface area contributed by atoms with Crippen molar-refractivity contribution >= 4 is 5.69 Å². The van der Waals surface area contributed by atoms with Crippen LogP contribution in [0.3, 0.4) is 0 Å². The summed E-state index contributed by atoms with van der Waals surface area (Å²) < 4.78 is 13.3. The van der Waals surface area contributed by atoms with Crippen molar-refractivity contribution in [1.29, 1.82) is 0 Å². The van der Waals surface area contributed by atoms with Gasteiger partial charge in [0.15, 0.2) is 0 Å². The maximum atomic E-state index is 13.3. The molecule has 27 heavy (non-hydrogen) atoms. The average Bonchev–Trinajstić information content (AvgIpc) is 3.14. The standard InChI is InChI=1S/C21H24FN5/c1-15-19(14-24-25-15)16(2)26-10-12-27(13-11-26)20-4-3-9-23-21(20)17-5-7-18(22)8-6-17/h3-9,14,16H,10-13H2,1-2H3,(H,24,25). The molecule has 1 unspecified atom stereocenters. The van der Waals surface area contributed by atoms with E-state index in [1.54, 1.807) is 18.3 Å². The van der Waals surface area contributed by atoms with E-state index in [0.29, 0.717) is 6.04 Å². The topological polar surface area (TPSA) is 48.1 Å². The first-order valence-electron chi connectivity index (χ1n) is 9.33. The fourth-order valence-electron chi connectivity index (χ4n) is 3.81. The molecule has 3 aromatic rings. The van der Waals surface area contributed by atoms with E-state index in [1.165, 1.54) is 17.7 Å². The molecule has 1 aliphatic heterocycles. The van der Waals surface area contributed by atoms with Gasteiger partial charge in [-0.2, -0.15) is 5.10 Å². The van der Waals surface area contributed by atoms with Gasteiger partial charge >= 0.3 is 0 Å². The summed E-state index contributed by atoms with van der Waals surface area (Å²) in [7, 11) is 0. The van der Waals surface area contributed by atoms with Crippen LogP contribution < -0.4 is 4.90 Å². The second-order valence-electron chi connectivity index (χ2n) is 7.03. The minimum atomic E-state index is -0.228. The first kappa shape index (κ1) is 17.7. The first-order valence-corrected chi connectivity index (χ1v) is 9.33. The van der Waals surface area contributed by atoms with Gasteiger partial charge in [0.1, 0.15) is 5.82 Å². The molecule has 5 nitrogen and oxygen atoms in total. The molecule has 0 saturated carbocycles. The summed E-state index contributed by atoms with van der Waals surface area (Å²) >= 11 is 0. The maximum Gasteiger partial charge on any atom is 0.123 e. The van der Waals surface area contributed by atoms with Crippen molar-refractivity contribution in [3.05, 3.63) is 65.9 Å². The van der Waals surface area contributed by atoms with Crippen molar-refractivity contribution in [3.8, 4) is 11.3 Å². The predicted molar refractivity (Wildman–Crippen MR) is 105 cm³/mol. The molecule has 0 radical (unpaired) electrons. The largest absolute Gasteiger partial charge is 0.367 e. The van der Waals surface area contributed by atoms with E-state index in [4.69, 9.17) is 0 Å². The normalized spacial score (nSPS) is 16.5. The third-order valence-electron chi connectivity index (χ3n) is 5.43. The molecule has 1 fully saturated rings. The number of hydrogen-bond donors (Lipinski definition) is 1. The predicted octanol–water partition coefficient (Wildman–Crippen LogP) is 3.80. The number of piperazine rings is 1. The summed E-state index contributed by atoms with van der Waals surface area (Å²) in [6.45, 7) is 8.12. The highest BCUT2D eigenvalue weighted by Crippen LogP contribution is 2.31. The third-order valence-corrected chi connectivity index (χ3v) is 5.43. The molecule has 1 saturated heterocycles. The Morgan fingerprint density at radius 2 is 1.81 bits per heavy atom. The molecule has 4 rings (SSSR count). The van der Waals surface area contributed by atoms with Gasteiger partial charge in [0.25, 0.3) is 0 Å². The van der Waals surface area contributed by atoms with Crippen molar-refractivity contribution in [2.45, 2.75) is 19.9 Å². The molecule has 1 atom stereocenters. The van der Waals surface area contributed by atoms with Crippen LogP contribution in [0.15, 0.2) is 48.8 Å². The highest BCUT2D eigenvalue weighted by molar-refractivity contribution is 5.75. The molecule has 140 valence electrons. The molecule has 3 heterocycles. The molecule has 1 aromatic carbocycles. The van der Waals surface area contributed by atoms with Gasteiger partial charge in [0.05, 0.1) is 17.6 Å². The van der Waals surface area contributed by atoms with Crippen LogP contribution in [0, 0.1) is 12.7 Å². The Balaban J connectivity index is 1.50. The molecular weight excluding hydrogens is 341 g/mol. The van der Waals surface area contributed by atoms with Crippen molar-refractivity contribution in [1.82, 2.24) is 20.1 Å². The molecule has 1 aliphatic rings. The lowest BCUT2D eigenvalue weighted by Gasteiger charge is -2.39. The van der Waals surface area contributed by atoms with Crippen LogP contribution in [0.25, 0.3) is 11.3 Å². The van der Waals surface area contributed by atoms with E-state index in [-0.39, 0.29) is 5.82 Å². The maximum absolute atomic E-state index is 13.3. The van der Waals surface area contributed by atoms with E-state index < -0.39 is 0 Å². The smallest absolute Gasteiger partial charge is 0.123 e. The molecule has 0 amide bonds. The van der Waals surface area contributed by atoms with Crippen LogP contribution in [0.1, 0.15) is 24.2 Å². The van der Waals surface area contributed by atoms with Gasteiger partial charge in [0.2, 0.25) is 0 Å². The van der Waals surface area contributed by atoms with E-state index in [9.17, 15) is 4.39 Å². The third kappa shape index (κ3) is 3.57. The Hall–Kier alpha value is -2.73. The van der Waals surface area contributed by atoms with Crippen molar-refractivity contribution in [3.63, 3.8) is 0 Å². The zero-order valence-corrected chi connectivity index (χ0v) is 15.7. The van der Waals surface area contributed by atoms with E-state index in [2.05, 4.69) is 44.9 Å². The van der Waals surface area contributed by atoms with Gasteiger partial charge in [-0.05, 0) is 50.2 Å². The van der Waals surface area contributed by atoms with E-state index in [1.807, 2.05) is 12.3 Å². The van der Waals surface area contributed by atoms with E-state index in [0.717, 1.165) is 48.8 Å². The average molecular weight is 365 g/mol. The van der Waals surface area contributed by atoms with Crippen LogP contribution in [-0.4, -0.2) is 46.3 Å². The number of aromatic nitrogens is 3. The molecule has 0 aliphatic carbocycles. The van der Waals surface area contributed by atoms with Gasteiger partial charge in [-0.3, -0.25) is 15.0 Å². The van der Waals surface area contributed by atoms with Crippen molar-refractivity contribution in [2.75, 3.05) is 31.1 Å². The summed E-state index contributed by atoms with van der Waals surface area (Å²) in [5.41, 5.74) is 5.35. The first-order chi connectivity index (χ1) is 13.1. The second-order valence-corrected chi connectivity index (χ2v) is 7.03. The summed E-state index contributed by atoms with van der Waals surface area (Å²) in [6.07, 6.45) is 3.72. The molecular formula is C21H24FN5. The fourth-order valence-corrected chi connectivity index (χ4v) is 3.81. The molecule has 0 spiro atoms. The number of pyridine rings is 1. The number of hydrogen-bond acceptors (Lipinski definition) is 4. The highest BCUT2D eigenvalue weighted by atomic mass is 19.1. The number of anilines is 1. The Kier molecular flexibility index (Phi) is 4.90. The van der Waals surface area contributed by atoms with Crippen LogP contribution in [0.4, 0.5) is 10.1 Å². The molecule has 6 heteroatoms. The minimum Gasteiger partial charge on any atom is -0.367 e. The number of halogens is 1. The number of benzene rings is 1. The summed E-state index contributed by atoms with van der Waals surface area (Å²) in [4.78, 5) is 9.43. The highest BCUT2D eigenvalue weighted by Gasteiger charge is 2.25.